The molecule has 0 radical (unpaired) electrons. The first-order valence-electron chi connectivity index (χ1n) is 5.75. The van der Waals surface area contributed by atoms with Gasteiger partial charge >= 0.3 is 6.18 Å². The van der Waals surface area contributed by atoms with Gasteiger partial charge in [0.05, 0.1) is 5.56 Å². The number of anilines is 1. The maximum atomic E-state index is 12.9. The predicted molar refractivity (Wildman–Crippen MR) is 74.6 cm³/mol. The first-order chi connectivity index (χ1) is 9.36. The number of alkyl halides is 3. The van der Waals surface area contributed by atoms with Crippen LogP contribution >= 0.6 is 15.9 Å². The van der Waals surface area contributed by atoms with E-state index in [2.05, 4.69) is 21.2 Å². The molecular weight excluding hydrogens is 335 g/mol. The lowest BCUT2D eigenvalue weighted by atomic mass is 10.1. The molecule has 2 nitrogen and oxygen atoms in total. The molecule has 0 aliphatic rings. The molecule has 0 fully saturated rings. The van der Waals surface area contributed by atoms with E-state index in [1.165, 1.54) is 18.2 Å². The summed E-state index contributed by atoms with van der Waals surface area (Å²) in [5.74, 6) is 0.119. The van der Waals surface area contributed by atoms with Crippen LogP contribution in [0.3, 0.4) is 0 Å². The Hall–Kier alpha value is -1.69. The summed E-state index contributed by atoms with van der Waals surface area (Å²) in [6.07, 6.45) is -4.42. The van der Waals surface area contributed by atoms with Gasteiger partial charge in [-0.25, -0.2) is 0 Å². The van der Waals surface area contributed by atoms with E-state index in [-0.39, 0.29) is 18.0 Å². The van der Waals surface area contributed by atoms with Gasteiger partial charge in [-0.2, -0.15) is 13.2 Å². The van der Waals surface area contributed by atoms with Crippen molar-refractivity contribution < 1.29 is 18.3 Å². The number of nitrogens with one attached hydrogen (secondary N) is 1. The van der Waals surface area contributed by atoms with Gasteiger partial charge < -0.3 is 10.4 Å². The third kappa shape index (κ3) is 3.66. The molecule has 2 aromatic rings. The minimum Gasteiger partial charge on any atom is -0.508 e. The van der Waals surface area contributed by atoms with Crippen LogP contribution in [0.4, 0.5) is 18.9 Å². The molecule has 0 amide bonds. The van der Waals surface area contributed by atoms with Crippen LogP contribution < -0.4 is 5.32 Å². The van der Waals surface area contributed by atoms with E-state index in [9.17, 15) is 13.2 Å². The summed E-state index contributed by atoms with van der Waals surface area (Å²) in [5, 5.41) is 11.9. The third-order valence-electron chi connectivity index (χ3n) is 2.71. The average Bonchev–Trinajstić information content (AvgIpc) is 2.38. The van der Waals surface area contributed by atoms with Crippen molar-refractivity contribution in [3.05, 3.63) is 58.1 Å². The lowest BCUT2D eigenvalue weighted by Gasteiger charge is -2.15. The molecule has 6 heteroatoms. The fraction of sp³-hybridized carbons (Fsp3) is 0.143. The lowest BCUT2D eigenvalue weighted by Crippen LogP contribution is -2.10. The van der Waals surface area contributed by atoms with Crippen molar-refractivity contribution in [3.8, 4) is 5.75 Å². The molecule has 0 atom stereocenters. The van der Waals surface area contributed by atoms with Crippen LogP contribution in [-0.2, 0) is 12.7 Å². The zero-order chi connectivity index (χ0) is 14.8. The Morgan fingerprint density at radius 2 is 1.70 bits per heavy atom. The summed E-state index contributed by atoms with van der Waals surface area (Å²) in [4.78, 5) is 0. The van der Waals surface area contributed by atoms with E-state index in [4.69, 9.17) is 5.11 Å². The second-order valence-electron chi connectivity index (χ2n) is 4.21. The highest BCUT2D eigenvalue weighted by molar-refractivity contribution is 9.10. The van der Waals surface area contributed by atoms with Gasteiger partial charge in [0, 0.05) is 16.7 Å². The van der Waals surface area contributed by atoms with Crippen molar-refractivity contribution in [2.24, 2.45) is 0 Å². The summed E-state index contributed by atoms with van der Waals surface area (Å²) in [5.41, 5.74) is 0.0817. The molecule has 2 aromatic carbocycles. The predicted octanol–water partition coefficient (Wildman–Crippen LogP) is 4.79. The molecule has 0 aromatic heterocycles. The number of hydrogen-bond donors (Lipinski definition) is 2. The Morgan fingerprint density at radius 3 is 2.30 bits per heavy atom. The van der Waals surface area contributed by atoms with E-state index in [0.29, 0.717) is 4.47 Å². The summed E-state index contributed by atoms with van der Waals surface area (Å²) in [6, 6.07) is 10.2. The Morgan fingerprint density at radius 1 is 1.05 bits per heavy atom. The molecule has 0 bridgehead atoms. The van der Waals surface area contributed by atoms with Gasteiger partial charge in [-0.15, -0.1) is 0 Å². The maximum Gasteiger partial charge on any atom is 0.418 e. The molecule has 0 aliphatic heterocycles. The number of phenolic OH excluding ortho intramolecular Hbond substituents is 1. The molecule has 0 aliphatic carbocycles. The molecular formula is C14H11BrF3NO. The Balaban J connectivity index is 2.19. The van der Waals surface area contributed by atoms with Gasteiger partial charge in [0.1, 0.15) is 5.75 Å². The second kappa shape index (κ2) is 5.75. The molecule has 2 N–H and O–H groups in total. The standard InChI is InChI=1S/C14H11BrF3NO/c15-10-3-6-13(12(7-10)14(16,17)18)19-8-9-1-4-11(20)5-2-9/h1-7,19-20H,8H2. The van der Waals surface area contributed by atoms with Gasteiger partial charge in [0.15, 0.2) is 0 Å². The maximum absolute atomic E-state index is 12.9. The van der Waals surface area contributed by atoms with Crippen molar-refractivity contribution in [1.82, 2.24) is 0 Å². The van der Waals surface area contributed by atoms with Crippen molar-refractivity contribution in [1.29, 1.82) is 0 Å². The number of aromatic hydroxyl groups is 1. The van der Waals surface area contributed by atoms with Gasteiger partial charge in [-0.05, 0) is 35.9 Å². The highest BCUT2D eigenvalue weighted by Crippen LogP contribution is 2.36. The summed E-state index contributed by atoms with van der Waals surface area (Å²) in [6.45, 7) is 0.241. The fourth-order valence-electron chi connectivity index (χ4n) is 1.72. The molecule has 0 spiro atoms. The topological polar surface area (TPSA) is 32.3 Å². The summed E-state index contributed by atoms with van der Waals surface area (Å²) < 4.78 is 39.1. The van der Waals surface area contributed by atoms with Crippen molar-refractivity contribution in [2.75, 3.05) is 5.32 Å². The van der Waals surface area contributed by atoms with E-state index in [1.54, 1.807) is 18.2 Å². The van der Waals surface area contributed by atoms with Crippen LogP contribution in [0, 0.1) is 0 Å². The van der Waals surface area contributed by atoms with Crippen LogP contribution in [0.15, 0.2) is 46.9 Å². The van der Waals surface area contributed by atoms with Crippen molar-refractivity contribution >= 4 is 21.6 Å². The quantitative estimate of drug-likeness (QED) is 0.838. The number of rotatable bonds is 3. The number of halogens is 4. The fourth-order valence-corrected chi connectivity index (χ4v) is 2.08. The molecule has 106 valence electrons. The SMILES string of the molecule is Oc1ccc(CNc2ccc(Br)cc2C(F)(F)F)cc1. The number of phenols is 1. The normalized spacial score (nSPS) is 11.4. The zero-order valence-corrected chi connectivity index (χ0v) is 11.8. The lowest BCUT2D eigenvalue weighted by molar-refractivity contribution is -0.137. The monoisotopic (exact) mass is 345 g/mol. The van der Waals surface area contributed by atoms with E-state index in [1.807, 2.05) is 0 Å². The molecule has 0 heterocycles. The zero-order valence-electron chi connectivity index (χ0n) is 10.2. The smallest absolute Gasteiger partial charge is 0.418 e. The van der Waals surface area contributed by atoms with Gasteiger partial charge in [0.2, 0.25) is 0 Å². The Kier molecular flexibility index (Phi) is 4.23. The average molecular weight is 346 g/mol. The van der Waals surface area contributed by atoms with E-state index < -0.39 is 11.7 Å². The third-order valence-corrected chi connectivity index (χ3v) is 3.20. The highest BCUT2D eigenvalue weighted by atomic mass is 79.9. The minimum atomic E-state index is -4.42. The van der Waals surface area contributed by atoms with Gasteiger partial charge in [-0.1, -0.05) is 28.1 Å². The first-order valence-corrected chi connectivity index (χ1v) is 6.54. The van der Waals surface area contributed by atoms with E-state index in [0.717, 1.165) is 11.6 Å². The van der Waals surface area contributed by atoms with Crippen molar-refractivity contribution in [2.45, 2.75) is 12.7 Å². The van der Waals surface area contributed by atoms with Crippen LogP contribution in [0.25, 0.3) is 0 Å². The van der Waals surface area contributed by atoms with Gasteiger partial charge in [0.25, 0.3) is 0 Å². The van der Waals surface area contributed by atoms with Gasteiger partial charge in [-0.3, -0.25) is 0 Å². The largest absolute Gasteiger partial charge is 0.508 e. The molecule has 20 heavy (non-hydrogen) atoms. The second-order valence-corrected chi connectivity index (χ2v) is 5.12. The Bertz CT molecular complexity index is 596. The minimum absolute atomic E-state index is 0.0220. The molecule has 0 unspecified atom stereocenters. The summed E-state index contributed by atoms with van der Waals surface area (Å²) >= 11 is 3.04. The van der Waals surface area contributed by atoms with Crippen molar-refractivity contribution in [3.63, 3.8) is 0 Å². The number of benzene rings is 2. The van der Waals surface area contributed by atoms with E-state index >= 15 is 0 Å². The summed E-state index contributed by atoms with van der Waals surface area (Å²) in [7, 11) is 0. The van der Waals surface area contributed by atoms with Crippen LogP contribution in [0.1, 0.15) is 11.1 Å². The number of hydrogen-bond acceptors (Lipinski definition) is 2. The van der Waals surface area contributed by atoms with Crippen LogP contribution in [-0.4, -0.2) is 5.11 Å². The first kappa shape index (κ1) is 14.7. The van der Waals surface area contributed by atoms with Crippen LogP contribution in [0.5, 0.6) is 5.75 Å². The highest BCUT2D eigenvalue weighted by Gasteiger charge is 2.33. The molecule has 0 saturated heterocycles. The van der Waals surface area contributed by atoms with Crippen LogP contribution in [0.2, 0.25) is 0 Å². The molecule has 2 rings (SSSR count). The Labute approximate surface area is 122 Å². The molecule has 0 saturated carbocycles.